The van der Waals surface area contributed by atoms with E-state index in [0.29, 0.717) is 53.8 Å². The van der Waals surface area contributed by atoms with Crippen LogP contribution < -0.4 is 4.74 Å². The molecule has 2 atom stereocenters. The van der Waals surface area contributed by atoms with Crippen LogP contribution in [-0.4, -0.2) is 18.7 Å². The number of rotatable bonds is 9. The van der Waals surface area contributed by atoms with E-state index >= 15 is 0 Å². The van der Waals surface area contributed by atoms with Crippen molar-refractivity contribution in [2.75, 3.05) is 7.11 Å². The zero-order chi connectivity index (χ0) is 30.0. The smallest absolute Gasteiger partial charge is 0.176 e. The van der Waals surface area contributed by atoms with Gasteiger partial charge in [0.05, 0.1) is 12.7 Å². The van der Waals surface area contributed by atoms with E-state index in [1.165, 1.54) is 26.2 Å². The van der Waals surface area contributed by atoms with E-state index in [-0.39, 0.29) is 5.78 Å². The molecule has 0 radical (unpaired) electrons. The Labute approximate surface area is 241 Å². The van der Waals surface area contributed by atoms with Gasteiger partial charge >= 0.3 is 0 Å². The molecule has 0 heterocycles. The summed E-state index contributed by atoms with van der Waals surface area (Å²) < 4.78 is 62.6. The molecule has 0 N–H and O–H groups in total. The summed E-state index contributed by atoms with van der Waals surface area (Å²) in [5.74, 6) is -5.91. The van der Waals surface area contributed by atoms with Gasteiger partial charge in [0, 0.05) is 29.5 Å². The van der Waals surface area contributed by atoms with E-state index in [1.54, 1.807) is 24.3 Å². The second kappa shape index (κ2) is 12.1. The number of halogens is 4. The predicted molar refractivity (Wildman–Crippen MR) is 153 cm³/mol. The lowest BCUT2D eigenvalue weighted by molar-refractivity contribution is 0.0924. The molecule has 0 amide bonds. The van der Waals surface area contributed by atoms with Crippen LogP contribution in [0.4, 0.5) is 17.6 Å². The predicted octanol–water partition coefficient (Wildman–Crippen LogP) is 8.31. The molecule has 4 aromatic carbocycles. The highest BCUT2D eigenvalue weighted by Crippen LogP contribution is 2.48. The van der Waals surface area contributed by atoms with Crippen LogP contribution in [0.15, 0.2) is 84.9 Å². The van der Waals surface area contributed by atoms with Gasteiger partial charge in [-0.05, 0) is 72.2 Å². The summed E-state index contributed by atoms with van der Waals surface area (Å²) in [6.07, 6.45) is 3.18. The maximum absolute atomic E-state index is 14.7. The van der Waals surface area contributed by atoms with Crippen molar-refractivity contribution in [3.05, 3.63) is 142 Å². The second-order valence-electron chi connectivity index (χ2n) is 10.4. The van der Waals surface area contributed by atoms with E-state index < -0.39 is 46.5 Å². The summed E-state index contributed by atoms with van der Waals surface area (Å²) in [6, 6.07) is 19.8. The first-order chi connectivity index (χ1) is 20.2. The van der Waals surface area contributed by atoms with Gasteiger partial charge in [0.2, 0.25) is 0 Å². The van der Waals surface area contributed by atoms with Crippen LogP contribution in [0.3, 0.4) is 0 Å². The average molecular weight is 573 g/mol. The van der Waals surface area contributed by atoms with Gasteiger partial charge in [0.1, 0.15) is 29.0 Å². The Hall–Kier alpha value is -4.52. The average Bonchev–Trinajstić information content (AvgIpc) is 3.41. The number of allylic oxidation sites excluding steroid dienone is 2. The largest absolute Gasteiger partial charge is 0.496 e. The molecule has 0 bridgehead atoms. The van der Waals surface area contributed by atoms with Crippen molar-refractivity contribution < 1.29 is 31.9 Å². The number of para-hydroxylation sites is 1. The normalized spacial score (nSPS) is 16.3. The highest BCUT2D eigenvalue weighted by Gasteiger charge is 2.38. The van der Waals surface area contributed by atoms with Gasteiger partial charge in [-0.3, -0.25) is 9.59 Å². The van der Waals surface area contributed by atoms with Gasteiger partial charge in [0.25, 0.3) is 0 Å². The number of benzene rings is 4. The Morgan fingerprint density at radius 1 is 0.833 bits per heavy atom. The first-order valence-electron chi connectivity index (χ1n) is 13.6. The van der Waals surface area contributed by atoms with E-state index in [9.17, 15) is 27.2 Å². The third-order valence-electron chi connectivity index (χ3n) is 7.77. The van der Waals surface area contributed by atoms with Crippen LogP contribution in [0.5, 0.6) is 5.75 Å². The second-order valence-corrected chi connectivity index (χ2v) is 10.4. The van der Waals surface area contributed by atoms with Crippen molar-refractivity contribution in [3.8, 4) is 5.75 Å². The monoisotopic (exact) mass is 572 g/mol. The van der Waals surface area contributed by atoms with Crippen LogP contribution in [0, 0.1) is 29.2 Å². The zero-order valence-electron chi connectivity index (χ0n) is 23.1. The maximum Gasteiger partial charge on any atom is 0.176 e. The summed E-state index contributed by atoms with van der Waals surface area (Å²) in [4.78, 5) is 25.5. The van der Waals surface area contributed by atoms with E-state index in [0.717, 1.165) is 16.7 Å². The first-order valence-corrected chi connectivity index (χ1v) is 13.6. The lowest BCUT2D eigenvalue weighted by Crippen LogP contribution is -2.21. The summed E-state index contributed by atoms with van der Waals surface area (Å²) in [7, 11) is 1.53. The lowest BCUT2D eigenvalue weighted by atomic mass is 9.81. The number of carbonyl (C=O) groups excluding carboxylic acids is 2. The summed E-state index contributed by atoms with van der Waals surface area (Å²) in [6.45, 7) is 1.52. The van der Waals surface area contributed by atoms with Crippen molar-refractivity contribution in [1.29, 1.82) is 0 Å². The summed E-state index contributed by atoms with van der Waals surface area (Å²) >= 11 is 0. The summed E-state index contributed by atoms with van der Waals surface area (Å²) in [5, 5.41) is 0. The molecule has 214 valence electrons. The minimum absolute atomic E-state index is 0.0214. The van der Waals surface area contributed by atoms with Gasteiger partial charge in [-0.25, -0.2) is 17.6 Å². The Morgan fingerprint density at radius 2 is 1.52 bits per heavy atom. The lowest BCUT2D eigenvalue weighted by Gasteiger charge is -2.23. The fourth-order valence-corrected chi connectivity index (χ4v) is 5.72. The molecule has 0 spiro atoms. The Kier molecular flexibility index (Phi) is 8.39. The molecule has 1 aliphatic carbocycles. The van der Waals surface area contributed by atoms with Crippen molar-refractivity contribution in [2.24, 2.45) is 5.92 Å². The van der Waals surface area contributed by atoms with Crippen LogP contribution >= 0.6 is 0 Å². The molecular weight excluding hydrogens is 544 g/mol. The van der Waals surface area contributed by atoms with Crippen molar-refractivity contribution in [1.82, 2.24) is 0 Å². The van der Waals surface area contributed by atoms with Crippen LogP contribution in [0.2, 0.25) is 0 Å². The highest BCUT2D eigenvalue weighted by molar-refractivity contribution is 6.02. The van der Waals surface area contributed by atoms with Crippen molar-refractivity contribution in [2.45, 2.75) is 32.1 Å². The number of hydrogen-bond acceptors (Lipinski definition) is 3. The Balaban J connectivity index is 1.53. The van der Waals surface area contributed by atoms with Gasteiger partial charge in [-0.2, -0.15) is 0 Å². The number of Topliss-reactive ketones (excluding diaryl/α,β-unsaturated/α-hetero) is 2. The quantitative estimate of drug-likeness (QED) is 0.150. The zero-order valence-corrected chi connectivity index (χ0v) is 23.1. The molecule has 7 heteroatoms. The molecule has 2 unspecified atom stereocenters. The van der Waals surface area contributed by atoms with Gasteiger partial charge in [-0.1, -0.05) is 54.6 Å². The van der Waals surface area contributed by atoms with Crippen LogP contribution in [0.25, 0.3) is 5.57 Å². The minimum atomic E-state index is -1.27. The molecule has 1 aliphatic rings. The molecule has 3 nitrogen and oxygen atoms in total. The number of carbonyl (C=O) groups is 2. The fourth-order valence-electron chi connectivity index (χ4n) is 5.72. The molecular formula is C35H28F4O3. The third kappa shape index (κ3) is 5.91. The standard InChI is InChI=1S/C35H28F4O3/c1-20(40)24-7-3-5-21(15-24)9-10-23-6-4-8-28(35(23)42-2)29-16-25(22-11-13-26(36)14-12-22)17-30(29)34(41)33-31(38)18-27(37)19-32(33)39/h3-8,11-15,17-19,29-30H,9-10,16H2,1-2H3. The fraction of sp³-hybridized carbons (Fsp3) is 0.200. The van der Waals surface area contributed by atoms with Crippen molar-refractivity contribution in [3.63, 3.8) is 0 Å². The molecule has 0 aliphatic heterocycles. The minimum Gasteiger partial charge on any atom is -0.496 e. The molecule has 5 rings (SSSR count). The molecule has 4 aromatic rings. The van der Waals surface area contributed by atoms with Gasteiger partial charge < -0.3 is 4.74 Å². The first kappa shape index (κ1) is 29.0. The highest BCUT2D eigenvalue weighted by atomic mass is 19.1. The Morgan fingerprint density at radius 3 is 2.19 bits per heavy atom. The van der Waals surface area contributed by atoms with Gasteiger partial charge in [0.15, 0.2) is 11.6 Å². The van der Waals surface area contributed by atoms with Crippen molar-refractivity contribution >= 4 is 17.1 Å². The van der Waals surface area contributed by atoms with E-state index in [4.69, 9.17) is 4.74 Å². The van der Waals surface area contributed by atoms with Gasteiger partial charge in [-0.15, -0.1) is 0 Å². The molecule has 0 saturated heterocycles. The number of ether oxygens (including phenoxy) is 1. The number of aryl methyl sites for hydroxylation is 2. The topological polar surface area (TPSA) is 43.4 Å². The van der Waals surface area contributed by atoms with E-state index in [1.807, 2.05) is 36.4 Å². The van der Waals surface area contributed by atoms with Crippen LogP contribution in [0.1, 0.15) is 62.2 Å². The summed E-state index contributed by atoms with van der Waals surface area (Å²) in [5.41, 5.74) is 3.74. The van der Waals surface area contributed by atoms with Crippen LogP contribution in [-0.2, 0) is 12.8 Å². The molecule has 0 aromatic heterocycles. The molecule has 0 fully saturated rings. The third-order valence-corrected chi connectivity index (χ3v) is 7.77. The number of methoxy groups -OCH3 is 1. The van der Waals surface area contributed by atoms with E-state index in [2.05, 4.69) is 0 Å². The number of ketones is 2. The SMILES string of the molecule is COc1c(CCc2cccc(C(C)=O)c2)cccc1C1CC(c2ccc(F)cc2)=CC1C(=O)c1c(F)cc(F)cc1F. The maximum atomic E-state index is 14.7. The Bertz CT molecular complexity index is 1670. The molecule has 0 saturated carbocycles. The number of hydrogen-bond donors (Lipinski definition) is 0. The molecule has 42 heavy (non-hydrogen) atoms.